The number of nitrogens with zero attached hydrogens (tertiary/aromatic N) is 1. The van der Waals surface area contributed by atoms with Gasteiger partial charge in [-0.15, -0.1) is 0 Å². The highest BCUT2D eigenvalue weighted by Crippen LogP contribution is 2.26. The molecule has 0 radical (unpaired) electrons. The van der Waals surface area contributed by atoms with Gasteiger partial charge in [-0.1, -0.05) is 30.3 Å². The van der Waals surface area contributed by atoms with Crippen molar-refractivity contribution in [2.45, 2.75) is 6.61 Å². The molecule has 0 unspecified atom stereocenters. The molecule has 0 bridgehead atoms. The average Bonchev–Trinajstić information content (AvgIpc) is 2.72. The Morgan fingerprint density at radius 2 is 1.74 bits per heavy atom. The van der Waals surface area contributed by atoms with E-state index < -0.39 is 0 Å². The van der Waals surface area contributed by atoms with Crippen LogP contribution >= 0.6 is 0 Å². The topological polar surface area (TPSA) is 48.4 Å². The van der Waals surface area contributed by atoms with Gasteiger partial charge in [0.25, 0.3) is 5.56 Å². The highest BCUT2D eigenvalue weighted by molar-refractivity contribution is 5.83. The zero-order chi connectivity index (χ0) is 16.2. The first-order chi connectivity index (χ1) is 11.2. The van der Waals surface area contributed by atoms with Crippen LogP contribution in [0.4, 0.5) is 0 Å². The minimum Gasteiger partial charge on any atom is -0.497 e. The molecule has 23 heavy (non-hydrogen) atoms. The molecule has 0 N–H and O–H groups in total. The Hall–Kier alpha value is -2.72. The standard InChI is InChI=1S/C19H17NO3/c1-22-12-17-16(13-7-9-15(23-2)10-8-13)11-14-5-3-4-6-18(14)20-19(17)21/h3-11H,12H2,1-2H3. The average molecular weight is 307 g/mol. The van der Waals surface area contributed by atoms with Crippen LogP contribution in [-0.4, -0.2) is 19.2 Å². The number of para-hydroxylation sites is 1. The van der Waals surface area contributed by atoms with E-state index in [0.29, 0.717) is 11.1 Å². The van der Waals surface area contributed by atoms with Crippen molar-refractivity contribution in [2.24, 2.45) is 0 Å². The Bertz CT molecular complexity index is 889. The summed E-state index contributed by atoms with van der Waals surface area (Å²) in [6.45, 7) is 0.216. The molecular formula is C19H17NO3. The van der Waals surface area contributed by atoms with Gasteiger partial charge in [-0.3, -0.25) is 4.79 Å². The number of benzene rings is 2. The number of rotatable bonds is 4. The van der Waals surface area contributed by atoms with E-state index in [1.54, 1.807) is 14.2 Å². The summed E-state index contributed by atoms with van der Waals surface area (Å²) in [6, 6.07) is 17.2. The first kappa shape index (κ1) is 15.2. The van der Waals surface area contributed by atoms with Crippen molar-refractivity contribution < 1.29 is 9.47 Å². The van der Waals surface area contributed by atoms with Gasteiger partial charge in [0.15, 0.2) is 0 Å². The third-order valence-electron chi connectivity index (χ3n) is 3.73. The third-order valence-corrected chi connectivity index (χ3v) is 3.73. The Balaban J connectivity index is 2.31. The zero-order valence-corrected chi connectivity index (χ0v) is 13.1. The fourth-order valence-corrected chi connectivity index (χ4v) is 2.56. The first-order valence-electron chi connectivity index (χ1n) is 7.29. The van der Waals surface area contributed by atoms with Crippen LogP contribution in [0.3, 0.4) is 0 Å². The molecule has 4 nitrogen and oxygen atoms in total. The molecule has 3 rings (SSSR count). The van der Waals surface area contributed by atoms with Gasteiger partial charge in [0.1, 0.15) is 5.75 Å². The van der Waals surface area contributed by atoms with Crippen molar-refractivity contribution in [1.82, 2.24) is 4.98 Å². The van der Waals surface area contributed by atoms with Gasteiger partial charge in [-0.05, 0) is 35.4 Å². The predicted molar refractivity (Wildman–Crippen MR) is 90.7 cm³/mol. The third kappa shape index (κ3) is 3.07. The van der Waals surface area contributed by atoms with Crippen molar-refractivity contribution in [2.75, 3.05) is 14.2 Å². The van der Waals surface area contributed by atoms with Crippen molar-refractivity contribution in [3.63, 3.8) is 0 Å². The number of methoxy groups -OCH3 is 2. The SMILES string of the molecule is COCc1c(-c2ccc(OC)cc2)cc2ccccc2nc1=O. The van der Waals surface area contributed by atoms with Crippen molar-refractivity contribution >= 4 is 10.9 Å². The van der Waals surface area contributed by atoms with Crippen LogP contribution in [0, 0.1) is 0 Å². The van der Waals surface area contributed by atoms with Crippen LogP contribution in [0.2, 0.25) is 0 Å². The summed E-state index contributed by atoms with van der Waals surface area (Å²) >= 11 is 0. The Morgan fingerprint density at radius 1 is 1.00 bits per heavy atom. The van der Waals surface area contributed by atoms with Gasteiger partial charge in [0, 0.05) is 12.5 Å². The molecular weight excluding hydrogens is 290 g/mol. The van der Waals surface area contributed by atoms with Crippen LogP contribution < -0.4 is 10.3 Å². The maximum Gasteiger partial charge on any atom is 0.276 e. The van der Waals surface area contributed by atoms with Gasteiger partial charge >= 0.3 is 0 Å². The van der Waals surface area contributed by atoms with Gasteiger partial charge in [-0.2, -0.15) is 0 Å². The van der Waals surface area contributed by atoms with E-state index in [9.17, 15) is 4.79 Å². The number of hydrogen-bond donors (Lipinski definition) is 0. The molecule has 0 aliphatic heterocycles. The van der Waals surface area contributed by atoms with Crippen molar-refractivity contribution in [3.8, 4) is 16.9 Å². The molecule has 0 saturated heterocycles. The fraction of sp³-hybridized carbons (Fsp3) is 0.158. The van der Waals surface area contributed by atoms with Gasteiger partial charge < -0.3 is 9.47 Å². The lowest BCUT2D eigenvalue weighted by Crippen LogP contribution is -2.11. The van der Waals surface area contributed by atoms with E-state index in [1.165, 1.54) is 0 Å². The second kappa shape index (κ2) is 6.58. The van der Waals surface area contributed by atoms with E-state index in [-0.39, 0.29) is 12.2 Å². The molecule has 0 saturated carbocycles. The number of hydrogen-bond acceptors (Lipinski definition) is 4. The lowest BCUT2D eigenvalue weighted by Gasteiger charge is -2.06. The molecule has 1 heterocycles. The van der Waals surface area contributed by atoms with Crippen molar-refractivity contribution in [3.05, 3.63) is 70.5 Å². The number of fused-ring (bicyclic) bond motifs is 1. The van der Waals surface area contributed by atoms with E-state index in [1.807, 2.05) is 54.6 Å². The van der Waals surface area contributed by atoms with Crippen LogP contribution in [0.25, 0.3) is 22.0 Å². The summed E-state index contributed by atoms with van der Waals surface area (Å²) in [5.41, 5.74) is 2.72. The summed E-state index contributed by atoms with van der Waals surface area (Å²) in [5.74, 6) is 0.771. The lowest BCUT2D eigenvalue weighted by molar-refractivity contribution is 0.184. The second-order valence-corrected chi connectivity index (χ2v) is 5.17. The molecule has 116 valence electrons. The highest BCUT2D eigenvalue weighted by atomic mass is 16.5. The molecule has 3 aromatic rings. The van der Waals surface area contributed by atoms with E-state index in [4.69, 9.17) is 9.47 Å². The predicted octanol–water partition coefficient (Wildman–Crippen LogP) is 3.42. The summed E-state index contributed by atoms with van der Waals surface area (Å²) in [5, 5.41) is 0.915. The fourth-order valence-electron chi connectivity index (χ4n) is 2.56. The largest absolute Gasteiger partial charge is 0.497 e. The van der Waals surface area contributed by atoms with Crippen LogP contribution in [0.1, 0.15) is 5.56 Å². The molecule has 0 atom stereocenters. The Kier molecular flexibility index (Phi) is 4.35. The van der Waals surface area contributed by atoms with Gasteiger partial charge in [0.05, 0.1) is 24.8 Å². The monoisotopic (exact) mass is 307 g/mol. The van der Waals surface area contributed by atoms with Crippen LogP contribution in [-0.2, 0) is 11.3 Å². The summed E-state index contributed by atoms with van der Waals surface area (Å²) < 4.78 is 10.4. The quantitative estimate of drug-likeness (QED) is 0.741. The van der Waals surface area contributed by atoms with Crippen molar-refractivity contribution in [1.29, 1.82) is 0 Å². The molecule has 0 fully saturated rings. The zero-order valence-electron chi connectivity index (χ0n) is 13.1. The molecule has 0 aliphatic carbocycles. The molecule has 1 aromatic heterocycles. The van der Waals surface area contributed by atoms with Gasteiger partial charge in [-0.25, -0.2) is 4.98 Å². The summed E-state index contributed by atoms with van der Waals surface area (Å²) in [4.78, 5) is 16.7. The molecule has 0 spiro atoms. The number of aromatic nitrogens is 1. The smallest absolute Gasteiger partial charge is 0.276 e. The summed E-state index contributed by atoms with van der Waals surface area (Å²) in [7, 11) is 3.20. The van der Waals surface area contributed by atoms with Gasteiger partial charge in [0.2, 0.25) is 0 Å². The summed E-state index contributed by atoms with van der Waals surface area (Å²) in [6.07, 6.45) is 0. The van der Waals surface area contributed by atoms with E-state index in [2.05, 4.69) is 4.98 Å². The van der Waals surface area contributed by atoms with Crippen LogP contribution in [0.15, 0.2) is 59.4 Å². The van der Waals surface area contributed by atoms with Crippen LogP contribution in [0.5, 0.6) is 5.75 Å². The minimum absolute atomic E-state index is 0.216. The number of ether oxygens (including phenoxy) is 2. The first-order valence-corrected chi connectivity index (χ1v) is 7.29. The highest BCUT2D eigenvalue weighted by Gasteiger charge is 2.11. The molecule has 0 aliphatic rings. The maximum absolute atomic E-state index is 12.5. The molecule has 2 aromatic carbocycles. The maximum atomic E-state index is 12.5. The Morgan fingerprint density at radius 3 is 2.43 bits per heavy atom. The minimum atomic E-state index is -0.265. The normalized spacial score (nSPS) is 10.7. The Labute approximate surface area is 134 Å². The molecule has 0 amide bonds. The lowest BCUT2D eigenvalue weighted by atomic mass is 10.0. The van der Waals surface area contributed by atoms with E-state index >= 15 is 0 Å². The second-order valence-electron chi connectivity index (χ2n) is 5.17. The van der Waals surface area contributed by atoms with E-state index in [0.717, 1.165) is 22.3 Å². The molecule has 4 heteroatoms.